The Hall–Kier alpha value is -3.77. The molecule has 0 radical (unpaired) electrons. The van der Waals surface area contributed by atoms with Crippen LogP contribution in [0.25, 0.3) is 0 Å². The zero-order valence-corrected chi connectivity index (χ0v) is 23.5. The van der Waals surface area contributed by atoms with Crippen LogP contribution in [0.2, 0.25) is 0 Å². The topological polar surface area (TPSA) is 233 Å². The Morgan fingerprint density at radius 1 is 0.675 bits per heavy atom. The van der Waals surface area contributed by atoms with Gasteiger partial charge in [-0.15, -0.1) is 10.2 Å². The number of nitrogens with two attached hydrogens (primary N) is 2. The minimum absolute atomic E-state index is 0.0471. The summed E-state index contributed by atoms with van der Waals surface area (Å²) in [5.41, 5.74) is 13.5. The van der Waals surface area contributed by atoms with Gasteiger partial charge >= 0.3 is 10.4 Å². The van der Waals surface area contributed by atoms with Gasteiger partial charge in [-0.2, -0.15) is 18.6 Å². The van der Waals surface area contributed by atoms with Crippen LogP contribution in [0, 0.1) is 0 Å². The third-order valence-corrected chi connectivity index (χ3v) is 9.27. The van der Waals surface area contributed by atoms with E-state index in [1.807, 2.05) is 0 Å². The second kappa shape index (κ2) is 12.6. The number of nitrogens with zero attached hydrogens (tertiary/aromatic N) is 4. The lowest BCUT2D eigenvalue weighted by atomic mass is 10.2. The molecule has 0 saturated heterocycles. The van der Waals surface area contributed by atoms with Crippen molar-refractivity contribution in [3.8, 4) is 0 Å². The van der Waals surface area contributed by atoms with E-state index >= 15 is 0 Å². The number of nitrogen functional groups attached to an aromatic ring is 2. The first kappa shape index (κ1) is 30.8. The van der Waals surface area contributed by atoms with Crippen molar-refractivity contribution in [2.75, 3.05) is 29.6 Å². The molecule has 0 amide bonds. The lowest BCUT2D eigenvalue weighted by Gasteiger charge is -2.05. The number of anilines is 2. The van der Waals surface area contributed by atoms with E-state index in [4.69, 9.17) is 16.0 Å². The highest BCUT2D eigenvalue weighted by atomic mass is 32.3. The molecule has 0 aliphatic carbocycles. The Labute approximate surface area is 231 Å². The third-order valence-electron chi connectivity index (χ3n) is 5.17. The number of rotatable bonds is 12. The monoisotopic (exact) mass is 610 g/mol. The first-order valence-corrected chi connectivity index (χ1v) is 16.2. The molecule has 0 aromatic heterocycles. The van der Waals surface area contributed by atoms with Crippen molar-refractivity contribution >= 4 is 64.2 Å². The largest absolute Gasteiger partial charge is 0.397 e. The third kappa shape index (κ3) is 8.62. The van der Waals surface area contributed by atoms with E-state index in [9.17, 15) is 25.3 Å². The van der Waals surface area contributed by atoms with E-state index in [1.165, 1.54) is 60.7 Å². The number of hydrogen-bond acceptors (Lipinski definition) is 13. The van der Waals surface area contributed by atoms with Gasteiger partial charge in [-0.1, -0.05) is 6.92 Å². The number of benzene rings is 3. The molecule has 40 heavy (non-hydrogen) atoms. The first-order valence-electron chi connectivity index (χ1n) is 11.5. The van der Waals surface area contributed by atoms with Crippen LogP contribution in [-0.2, 0) is 34.3 Å². The Bertz CT molecular complexity index is 1740. The molecule has 0 fully saturated rings. The summed E-state index contributed by atoms with van der Waals surface area (Å²) in [5, 5.41) is 16.3. The molecule has 3 rings (SSSR count). The molecule has 3 aromatic carbocycles. The van der Waals surface area contributed by atoms with E-state index in [0.717, 1.165) is 0 Å². The second-order valence-corrected chi connectivity index (χ2v) is 13.6. The Morgan fingerprint density at radius 3 is 1.50 bits per heavy atom. The van der Waals surface area contributed by atoms with Gasteiger partial charge in [0.15, 0.2) is 19.7 Å². The van der Waals surface area contributed by atoms with E-state index in [2.05, 4.69) is 24.6 Å². The van der Waals surface area contributed by atoms with Gasteiger partial charge in [0.25, 0.3) is 0 Å². The maximum absolute atomic E-state index is 12.3. The molecule has 0 aliphatic heterocycles. The van der Waals surface area contributed by atoms with Gasteiger partial charge in [-0.3, -0.25) is 4.55 Å². The van der Waals surface area contributed by atoms with Gasteiger partial charge in [0.2, 0.25) is 0 Å². The fraction of sp³-hybridized carbons (Fsp3) is 0.217. The van der Waals surface area contributed by atoms with Crippen LogP contribution in [0.4, 0.5) is 34.1 Å². The van der Waals surface area contributed by atoms with Gasteiger partial charge in [-0.05, 0) is 67.1 Å². The summed E-state index contributed by atoms with van der Waals surface area (Å²) >= 11 is 0. The standard InChI is InChI=1S/C23H26N6O8S3/c1-2-12-38(30,31)18-7-3-16(4-8-18)26-28-22-15-23(21(25)14-20(22)24)29-27-17-5-9-19(10-6-17)39(32,33)13-11-37-40(34,35)36/h3-10,14-15H,2,11-13,24-25H2,1H3,(H,34,35,36). The van der Waals surface area contributed by atoms with E-state index in [1.54, 1.807) is 6.92 Å². The normalized spacial score (nSPS) is 12.8. The summed E-state index contributed by atoms with van der Waals surface area (Å²) < 4.78 is 82.7. The fourth-order valence-electron chi connectivity index (χ4n) is 3.20. The summed E-state index contributed by atoms with van der Waals surface area (Å²) in [6.45, 7) is 1.04. The average molecular weight is 611 g/mol. The first-order chi connectivity index (χ1) is 18.7. The van der Waals surface area contributed by atoms with Gasteiger partial charge in [-0.25, -0.2) is 21.0 Å². The Kier molecular flexibility index (Phi) is 9.69. The summed E-state index contributed by atoms with van der Waals surface area (Å²) in [5.74, 6) is -0.624. The van der Waals surface area contributed by atoms with Gasteiger partial charge in [0, 0.05) is 0 Å². The molecule has 0 heterocycles. The lowest BCUT2D eigenvalue weighted by Crippen LogP contribution is -2.15. The van der Waals surface area contributed by atoms with Crippen molar-refractivity contribution in [3.05, 3.63) is 60.7 Å². The molecule has 5 N–H and O–H groups in total. The molecule has 14 nitrogen and oxygen atoms in total. The molecule has 0 spiro atoms. The minimum atomic E-state index is -4.75. The summed E-state index contributed by atoms with van der Waals surface area (Å²) in [6, 6.07) is 14.1. The van der Waals surface area contributed by atoms with Crippen LogP contribution >= 0.6 is 0 Å². The average Bonchev–Trinajstić information content (AvgIpc) is 2.87. The van der Waals surface area contributed by atoms with Crippen molar-refractivity contribution < 1.29 is 34.0 Å². The van der Waals surface area contributed by atoms with Crippen molar-refractivity contribution in [1.82, 2.24) is 0 Å². The molecule has 0 saturated carbocycles. The second-order valence-electron chi connectivity index (χ2n) is 8.25. The number of sulfone groups is 2. The minimum Gasteiger partial charge on any atom is -0.397 e. The van der Waals surface area contributed by atoms with Crippen molar-refractivity contribution in [3.63, 3.8) is 0 Å². The molecule has 3 aromatic rings. The molecule has 0 aliphatic rings. The SMILES string of the molecule is CCCS(=O)(=O)c1ccc(N=Nc2cc(N=Nc3ccc(S(=O)(=O)CCOS(=O)(=O)O)cc3)c(N)cc2N)cc1. The zero-order chi connectivity index (χ0) is 29.6. The van der Waals surface area contributed by atoms with Crippen LogP contribution in [0.5, 0.6) is 0 Å². The lowest BCUT2D eigenvalue weighted by molar-refractivity contribution is 0.284. The van der Waals surface area contributed by atoms with Crippen molar-refractivity contribution in [2.24, 2.45) is 20.5 Å². The fourth-order valence-corrected chi connectivity index (χ4v) is 6.01. The van der Waals surface area contributed by atoms with Gasteiger partial charge < -0.3 is 11.5 Å². The van der Waals surface area contributed by atoms with Crippen LogP contribution in [0.3, 0.4) is 0 Å². The van der Waals surface area contributed by atoms with Gasteiger partial charge in [0.05, 0.1) is 50.7 Å². The highest BCUT2D eigenvalue weighted by Gasteiger charge is 2.17. The zero-order valence-electron chi connectivity index (χ0n) is 21.1. The van der Waals surface area contributed by atoms with E-state index < -0.39 is 42.4 Å². The van der Waals surface area contributed by atoms with Crippen molar-refractivity contribution in [2.45, 2.75) is 23.1 Å². The molecule has 0 atom stereocenters. The Balaban J connectivity index is 1.74. The Morgan fingerprint density at radius 2 is 1.10 bits per heavy atom. The summed E-state index contributed by atoms with van der Waals surface area (Å²) in [6.07, 6.45) is 0.505. The molecule has 214 valence electrons. The quantitative estimate of drug-likeness (QED) is 0.148. The molecular formula is C23H26N6O8S3. The van der Waals surface area contributed by atoms with Crippen LogP contribution < -0.4 is 11.5 Å². The predicted octanol–water partition coefficient (Wildman–Crippen LogP) is 4.46. The summed E-state index contributed by atoms with van der Waals surface area (Å²) in [4.78, 5) is 0.0795. The smallest absolute Gasteiger partial charge is 0.397 e. The molecule has 17 heteroatoms. The number of hydrogen-bond donors (Lipinski definition) is 3. The molecular weight excluding hydrogens is 584 g/mol. The summed E-state index contributed by atoms with van der Waals surface area (Å²) in [7, 11) is -12.0. The maximum atomic E-state index is 12.3. The molecule has 0 bridgehead atoms. The number of azo groups is 2. The predicted molar refractivity (Wildman–Crippen MR) is 148 cm³/mol. The van der Waals surface area contributed by atoms with Crippen LogP contribution in [0.15, 0.2) is 90.9 Å². The molecule has 0 unspecified atom stereocenters. The van der Waals surface area contributed by atoms with Gasteiger partial charge in [0.1, 0.15) is 11.4 Å². The highest BCUT2D eigenvalue weighted by molar-refractivity contribution is 7.91. The van der Waals surface area contributed by atoms with E-state index in [-0.39, 0.29) is 44.0 Å². The van der Waals surface area contributed by atoms with Crippen LogP contribution in [-0.4, -0.2) is 47.9 Å². The van der Waals surface area contributed by atoms with Crippen molar-refractivity contribution in [1.29, 1.82) is 0 Å². The maximum Gasteiger partial charge on any atom is 0.397 e. The van der Waals surface area contributed by atoms with Crippen LogP contribution in [0.1, 0.15) is 13.3 Å². The highest BCUT2D eigenvalue weighted by Crippen LogP contribution is 2.35. The van der Waals surface area contributed by atoms with E-state index in [0.29, 0.717) is 12.1 Å².